The molecule has 0 unspecified atom stereocenters. The molecule has 4 heterocycles. The van der Waals surface area contributed by atoms with Gasteiger partial charge in [0, 0.05) is 48.9 Å². The van der Waals surface area contributed by atoms with E-state index < -0.39 is 0 Å². The molecule has 144 valence electrons. The second-order valence-corrected chi connectivity index (χ2v) is 7.95. The van der Waals surface area contributed by atoms with Crippen LogP contribution in [0.2, 0.25) is 0 Å². The first-order valence-corrected chi connectivity index (χ1v) is 10.4. The highest BCUT2D eigenvalue weighted by Crippen LogP contribution is 2.36. The molecular weight excluding hydrogens is 372 g/mol. The number of piperazine rings is 1. The van der Waals surface area contributed by atoms with Crippen LogP contribution in [0.15, 0.2) is 41.9 Å². The highest BCUT2D eigenvalue weighted by Gasteiger charge is 2.17. The molecule has 28 heavy (non-hydrogen) atoms. The molecule has 7 heteroatoms. The quantitative estimate of drug-likeness (QED) is 0.679. The first kappa shape index (κ1) is 17.5. The van der Waals surface area contributed by atoms with Gasteiger partial charge < -0.3 is 19.3 Å². The summed E-state index contributed by atoms with van der Waals surface area (Å²) in [6, 6.07) is 10.2. The van der Waals surface area contributed by atoms with Crippen molar-refractivity contribution < 1.29 is 9.47 Å². The zero-order valence-electron chi connectivity index (χ0n) is 15.8. The van der Waals surface area contributed by atoms with Gasteiger partial charge in [-0.1, -0.05) is 0 Å². The predicted octanol–water partition coefficient (Wildman–Crippen LogP) is 3.40. The van der Waals surface area contributed by atoms with Crippen molar-refractivity contribution in [3.05, 3.63) is 41.9 Å². The van der Waals surface area contributed by atoms with Crippen LogP contribution in [0.1, 0.15) is 0 Å². The molecule has 0 amide bonds. The molecule has 0 radical (unpaired) electrons. The summed E-state index contributed by atoms with van der Waals surface area (Å²) in [6.07, 6.45) is 1.88. The van der Waals surface area contributed by atoms with Crippen molar-refractivity contribution in [2.45, 2.75) is 0 Å². The lowest BCUT2D eigenvalue weighted by molar-refractivity contribution is 0.171. The van der Waals surface area contributed by atoms with Gasteiger partial charge in [0.2, 0.25) is 0 Å². The Kier molecular flexibility index (Phi) is 4.62. The third-order valence-electron chi connectivity index (χ3n) is 5.16. The van der Waals surface area contributed by atoms with Gasteiger partial charge >= 0.3 is 0 Å². The lowest BCUT2D eigenvalue weighted by Gasteiger charge is -2.33. The minimum absolute atomic E-state index is 0.588. The van der Waals surface area contributed by atoms with Crippen LogP contribution in [0, 0.1) is 0 Å². The average molecular weight is 395 g/mol. The standard InChI is InChI=1S/C21H22N4O2S/c1-24-6-8-25(9-7-24)20-13-16(4-5-22-20)21-23-17(14-28-21)15-2-3-18-19(12-15)27-11-10-26-18/h2-5,12-14H,6-11H2,1H3. The highest BCUT2D eigenvalue weighted by atomic mass is 32.1. The number of aromatic nitrogens is 2. The zero-order valence-corrected chi connectivity index (χ0v) is 16.6. The van der Waals surface area contributed by atoms with Crippen molar-refractivity contribution in [2.24, 2.45) is 0 Å². The highest BCUT2D eigenvalue weighted by molar-refractivity contribution is 7.13. The molecule has 0 spiro atoms. The second kappa shape index (κ2) is 7.41. The molecule has 6 nitrogen and oxygen atoms in total. The molecule has 2 aliphatic rings. The molecule has 2 aliphatic heterocycles. The number of fused-ring (bicyclic) bond motifs is 1. The SMILES string of the molecule is CN1CCN(c2cc(-c3nc(-c4ccc5c(c4)OCCO5)cs3)ccn2)CC1. The normalized spacial score (nSPS) is 17.0. The van der Waals surface area contributed by atoms with E-state index in [1.807, 2.05) is 30.5 Å². The van der Waals surface area contributed by atoms with E-state index in [4.69, 9.17) is 14.5 Å². The van der Waals surface area contributed by atoms with Gasteiger partial charge in [-0.25, -0.2) is 9.97 Å². The Balaban J connectivity index is 1.40. The molecule has 1 saturated heterocycles. The molecular formula is C21H22N4O2S. The van der Waals surface area contributed by atoms with Crippen molar-refractivity contribution in [3.8, 4) is 33.3 Å². The fourth-order valence-electron chi connectivity index (χ4n) is 3.50. The summed E-state index contributed by atoms with van der Waals surface area (Å²) < 4.78 is 11.3. The molecule has 0 bridgehead atoms. The third kappa shape index (κ3) is 3.43. The molecule has 0 N–H and O–H groups in total. The summed E-state index contributed by atoms with van der Waals surface area (Å²) in [5, 5.41) is 3.10. The minimum atomic E-state index is 0.588. The van der Waals surface area contributed by atoms with Crippen LogP contribution < -0.4 is 14.4 Å². The van der Waals surface area contributed by atoms with Gasteiger partial charge in [0.25, 0.3) is 0 Å². The number of ether oxygens (including phenoxy) is 2. The molecule has 3 aromatic rings. The van der Waals surface area contributed by atoms with Gasteiger partial charge in [-0.15, -0.1) is 11.3 Å². The largest absolute Gasteiger partial charge is 0.486 e. The van der Waals surface area contributed by atoms with Crippen LogP contribution in [-0.2, 0) is 0 Å². The maximum absolute atomic E-state index is 5.70. The number of likely N-dealkylation sites (N-methyl/N-ethyl adjacent to an activating group) is 1. The number of thiazole rings is 1. The first-order chi connectivity index (χ1) is 13.8. The van der Waals surface area contributed by atoms with Crippen molar-refractivity contribution in [2.75, 3.05) is 51.3 Å². The van der Waals surface area contributed by atoms with E-state index in [2.05, 4.69) is 33.3 Å². The average Bonchev–Trinajstić information content (AvgIpc) is 3.24. The van der Waals surface area contributed by atoms with Crippen LogP contribution >= 0.6 is 11.3 Å². The number of nitrogens with zero attached hydrogens (tertiary/aromatic N) is 4. The summed E-state index contributed by atoms with van der Waals surface area (Å²) in [4.78, 5) is 14.1. The summed E-state index contributed by atoms with van der Waals surface area (Å²) in [6.45, 7) is 5.34. The molecule has 0 aliphatic carbocycles. The van der Waals surface area contributed by atoms with Crippen LogP contribution in [0.3, 0.4) is 0 Å². The Morgan fingerprint density at radius 1 is 0.929 bits per heavy atom. The van der Waals surface area contributed by atoms with Gasteiger partial charge in [-0.05, 0) is 37.4 Å². The summed E-state index contributed by atoms with van der Waals surface area (Å²) in [5.41, 5.74) is 3.10. The van der Waals surface area contributed by atoms with Crippen LogP contribution in [-0.4, -0.2) is 61.3 Å². The molecule has 0 atom stereocenters. The molecule has 0 saturated carbocycles. The number of benzene rings is 1. The predicted molar refractivity (Wildman–Crippen MR) is 111 cm³/mol. The smallest absolute Gasteiger partial charge is 0.162 e. The van der Waals surface area contributed by atoms with Crippen molar-refractivity contribution >= 4 is 17.2 Å². The number of hydrogen-bond acceptors (Lipinski definition) is 7. The fraction of sp³-hybridized carbons (Fsp3) is 0.333. The van der Waals surface area contributed by atoms with E-state index in [9.17, 15) is 0 Å². The van der Waals surface area contributed by atoms with Crippen LogP contribution in [0.5, 0.6) is 11.5 Å². The number of rotatable bonds is 3. The van der Waals surface area contributed by atoms with Crippen molar-refractivity contribution in [3.63, 3.8) is 0 Å². The minimum Gasteiger partial charge on any atom is -0.486 e. The topological polar surface area (TPSA) is 50.7 Å². The maximum atomic E-state index is 5.70. The van der Waals surface area contributed by atoms with E-state index in [1.165, 1.54) is 0 Å². The summed E-state index contributed by atoms with van der Waals surface area (Å²) in [7, 11) is 2.16. The molecule has 5 rings (SSSR count). The van der Waals surface area contributed by atoms with Crippen LogP contribution in [0.4, 0.5) is 5.82 Å². The van der Waals surface area contributed by atoms with E-state index in [0.717, 1.165) is 65.3 Å². The lowest BCUT2D eigenvalue weighted by atomic mass is 10.1. The summed E-state index contributed by atoms with van der Waals surface area (Å²) >= 11 is 1.65. The van der Waals surface area contributed by atoms with Crippen molar-refractivity contribution in [1.82, 2.24) is 14.9 Å². The second-order valence-electron chi connectivity index (χ2n) is 7.09. The van der Waals surface area contributed by atoms with Crippen molar-refractivity contribution in [1.29, 1.82) is 0 Å². The lowest BCUT2D eigenvalue weighted by Crippen LogP contribution is -2.44. The van der Waals surface area contributed by atoms with Gasteiger partial charge in [-0.2, -0.15) is 0 Å². The van der Waals surface area contributed by atoms with Crippen LogP contribution in [0.25, 0.3) is 21.8 Å². The maximum Gasteiger partial charge on any atom is 0.162 e. The van der Waals surface area contributed by atoms with E-state index >= 15 is 0 Å². The van der Waals surface area contributed by atoms with Gasteiger partial charge in [-0.3, -0.25) is 0 Å². The molecule has 1 fully saturated rings. The molecule has 1 aromatic carbocycles. The zero-order chi connectivity index (χ0) is 18.9. The Labute approximate surface area is 168 Å². The van der Waals surface area contributed by atoms with E-state index in [-0.39, 0.29) is 0 Å². The monoisotopic (exact) mass is 394 g/mol. The van der Waals surface area contributed by atoms with Gasteiger partial charge in [0.05, 0.1) is 5.69 Å². The Hall–Kier alpha value is -2.64. The number of hydrogen-bond donors (Lipinski definition) is 0. The van der Waals surface area contributed by atoms with Gasteiger partial charge in [0.15, 0.2) is 11.5 Å². The Morgan fingerprint density at radius 3 is 2.61 bits per heavy atom. The Bertz CT molecular complexity index is 982. The van der Waals surface area contributed by atoms with E-state index in [0.29, 0.717) is 13.2 Å². The summed E-state index contributed by atoms with van der Waals surface area (Å²) in [5.74, 6) is 2.62. The van der Waals surface area contributed by atoms with Gasteiger partial charge in [0.1, 0.15) is 24.0 Å². The first-order valence-electron chi connectivity index (χ1n) is 9.52. The molecule has 2 aromatic heterocycles. The number of pyridine rings is 1. The van der Waals surface area contributed by atoms with E-state index in [1.54, 1.807) is 11.3 Å². The Morgan fingerprint density at radius 2 is 1.75 bits per heavy atom. The third-order valence-corrected chi connectivity index (χ3v) is 6.05. The fourth-order valence-corrected chi connectivity index (χ4v) is 4.33. The number of anilines is 1.